The molecule has 0 unspecified atom stereocenters. The van der Waals surface area contributed by atoms with Gasteiger partial charge in [-0.05, 0) is 66.5 Å². The van der Waals surface area contributed by atoms with Gasteiger partial charge in [0.25, 0.3) is 5.91 Å². The van der Waals surface area contributed by atoms with Crippen LogP contribution in [-0.2, 0) is 17.6 Å². The van der Waals surface area contributed by atoms with Gasteiger partial charge in [-0.1, -0.05) is 55.8 Å². The van der Waals surface area contributed by atoms with Crippen molar-refractivity contribution in [2.24, 2.45) is 0 Å². The highest BCUT2D eigenvalue weighted by atomic mass is 32.1. The van der Waals surface area contributed by atoms with Gasteiger partial charge in [0.2, 0.25) is 5.91 Å². The lowest BCUT2D eigenvalue weighted by atomic mass is 9.93. The molecule has 0 radical (unpaired) electrons. The van der Waals surface area contributed by atoms with Crippen molar-refractivity contribution in [2.45, 2.75) is 51.6 Å². The van der Waals surface area contributed by atoms with E-state index in [1.165, 1.54) is 28.0 Å². The van der Waals surface area contributed by atoms with Crippen LogP contribution in [0.2, 0.25) is 0 Å². The third-order valence-corrected chi connectivity index (χ3v) is 8.78. The van der Waals surface area contributed by atoms with Gasteiger partial charge >= 0.3 is 0 Å². The zero-order valence-electron chi connectivity index (χ0n) is 21.9. The first-order valence-corrected chi connectivity index (χ1v) is 14.5. The van der Waals surface area contributed by atoms with Crippen molar-refractivity contribution in [1.29, 1.82) is 0 Å². The summed E-state index contributed by atoms with van der Waals surface area (Å²) in [5, 5.41) is 2.17. The number of benzene rings is 2. The lowest BCUT2D eigenvalue weighted by molar-refractivity contribution is -0.135. The van der Waals surface area contributed by atoms with Crippen LogP contribution in [0.15, 0.2) is 66.0 Å². The maximum atomic E-state index is 13.5. The predicted molar refractivity (Wildman–Crippen MR) is 150 cm³/mol. The van der Waals surface area contributed by atoms with Crippen LogP contribution < -0.4 is 0 Å². The first-order valence-electron chi connectivity index (χ1n) is 13.6. The summed E-state index contributed by atoms with van der Waals surface area (Å²) in [6.45, 7) is 7.25. The minimum absolute atomic E-state index is 0.0141. The van der Waals surface area contributed by atoms with Crippen molar-refractivity contribution in [3.05, 3.63) is 93.2 Å². The van der Waals surface area contributed by atoms with Gasteiger partial charge in [-0.3, -0.25) is 14.5 Å². The summed E-state index contributed by atoms with van der Waals surface area (Å²) >= 11 is 1.82. The van der Waals surface area contributed by atoms with Crippen LogP contribution in [0.1, 0.15) is 64.7 Å². The molecule has 0 spiro atoms. The van der Waals surface area contributed by atoms with Gasteiger partial charge in [-0.2, -0.15) is 0 Å². The van der Waals surface area contributed by atoms with E-state index < -0.39 is 0 Å². The highest BCUT2D eigenvalue weighted by Crippen LogP contribution is 2.37. The Balaban J connectivity index is 1.22. The number of amides is 2. The molecule has 5 rings (SSSR count). The quantitative estimate of drug-likeness (QED) is 0.423. The number of hydrogen-bond donors (Lipinski definition) is 0. The van der Waals surface area contributed by atoms with E-state index in [9.17, 15) is 9.59 Å². The molecule has 1 fully saturated rings. The molecule has 3 heterocycles. The van der Waals surface area contributed by atoms with Gasteiger partial charge in [0, 0.05) is 42.7 Å². The molecule has 2 amide bonds. The van der Waals surface area contributed by atoms with Gasteiger partial charge in [-0.25, -0.2) is 0 Å². The smallest absolute Gasteiger partial charge is 0.254 e. The average Bonchev–Trinajstić information content (AvgIpc) is 3.41. The van der Waals surface area contributed by atoms with E-state index >= 15 is 0 Å². The Morgan fingerprint density at radius 1 is 0.973 bits per heavy atom. The standard InChI is InChI=1S/C31H37N3O2S/c1-3-4-8-24-11-13-26(14-12-24)31(36)34-19-18-32(21-23(34)2)29(35)22-33-17-15-28-27(16-20-37-28)30(33)25-9-6-5-7-10-25/h5-7,9-14,16,20,23,30H,3-4,8,15,17-19,21-22H2,1-2H3/t23-,30+/m0/s1. The number of nitrogens with zero attached hydrogens (tertiary/aromatic N) is 3. The summed E-state index contributed by atoms with van der Waals surface area (Å²) in [6.07, 6.45) is 4.37. The normalized spacial score (nSPS) is 20.1. The number of piperazine rings is 1. The Kier molecular flexibility index (Phi) is 8.06. The zero-order chi connectivity index (χ0) is 25.8. The van der Waals surface area contributed by atoms with Crippen molar-refractivity contribution in [1.82, 2.24) is 14.7 Å². The summed E-state index contributed by atoms with van der Waals surface area (Å²) in [4.78, 5) is 34.4. The molecule has 0 aliphatic carbocycles. The van der Waals surface area contributed by atoms with Gasteiger partial charge < -0.3 is 9.80 Å². The van der Waals surface area contributed by atoms with Crippen LogP contribution in [0.5, 0.6) is 0 Å². The molecular weight excluding hydrogens is 478 g/mol. The van der Waals surface area contributed by atoms with Crippen LogP contribution >= 0.6 is 11.3 Å². The lowest BCUT2D eigenvalue weighted by Crippen LogP contribution is -2.57. The van der Waals surface area contributed by atoms with E-state index in [4.69, 9.17) is 0 Å². The van der Waals surface area contributed by atoms with E-state index in [1.807, 2.05) is 39.3 Å². The van der Waals surface area contributed by atoms with Crippen LogP contribution in [0, 0.1) is 0 Å². The first kappa shape index (κ1) is 25.7. The summed E-state index contributed by atoms with van der Waals surface area (Å²) in [5.41, 5.74) is 4.58. The number of hydrogen-bond acceptors (Lipinski definition) is 4. The summed E-state index contributed by atoms with van der Waals surface area (Å²) in [7, 11) is 0. The second-order valence-electron chi connectivity index (χ2n) is 10.3. The van der Waals surface area contributed by atoms with E-state index in [2.05, 4.69) is 66.6 Å². The summed E-state index contributed by atoms with van der Waals surface area (Å²) in [5.74, 6) is 0.214. The lowest BCUT2D eigenvalue weighted by Gasteiger charge is -2.42. The largest absolute Gasteiger partial charge is 0.338 e. The molecule has 2 aromatic carbocycles. The Morgan fingerprint density at radius 3 is 2.49 bits per heavy atom. The Hall–Kier alpha value is -2.96. The fourth-order valence-corrected chi connectivity index (χ4v) is 6.59. The molecule has 0 N–H and O–H groups in total. The molecule has 0 saturated carbocycles. The number of thiophene rings is 1. The molecular formula is C31H37N3O2S. The van der Waals surface area contributed by atoms with Gasteiger partial charge in [-0.15, -0.1) is 11.3 Å². The molecule has 1 aromatic heterocycles. The number of fused-ring (bicyclic) bond motifs is 1. The third kappa shape index (κ3) is 5.65. The molecule has 37 heavy (non-hydrogen) atoms. The molecule has 3 aromatic rings. The van der Waals surface area contributed by atoms with E-state index in [-0.39, 0.29) is 23.9 Å². The first-order chi connectivity index (χ1) is 18.0. The van der Waals surface area contributed by atoms with E-state index in [0.717, 1.165) is 31.4 Å². The minimum Gasteiger partial charge on any atom is -0.338 e. The summed E-state index contributed by atoms with van der Waals surface area (Å²) < 4.78 is 0. The van der Waals surface area contributed by atoms with Gasteiger partial charge in [0.1, 0.15) is 0 Å². The molecule has 1 saturated heterocycles. The van der Waals surface area contributed by atoms with Crippen LogP contribution in [0.3, 0.4) is 0 Å². The molecule has 2 aliphatic rings. The fourth-order valence-electron chi connectivity index (χ4n) is 5.68. The third-order valence-electron chi connectivity index (χ3n) is 7.78. The maximum Gasteiger partial charge on any atom is 0.254 e. The predicted octanol–water partition coefficient (Wildman–Crippen LogP) is 5.41. The number of carbonyl (C=O) groups is 2. The van der Waals surface area contributed by atoms with Gasteiger partial charge in [0.05, 0.1) is 12.6 Å². The fraction of sp³-hybridized carbons (Fsp3) is 0.419. The molecule has 6 heteroatoms. The van der Waals surface area contributed by atoms with Crippen molar-refractivity contribution < 1.29 is 9.59 Å². The Morgan fingerprint density at radius 2 is 1.76 bits per heavy atom. The molecule has 2 atom stereocenters. The molecule has 194 valence electrons. The number of carbonyl (C=O) groups excluding carboxylic acids is 2. The van der Waals surface area contributed by atoms with E-state index in [1.54, 1.807) is 0 Å². The zero-order valence-corrected chi connectivity index (χ0v) is 22.8. The monoisotopic (exact) mass is 515 g/mol. The van der Waals surface area contributed by atoms with Crippen molar-refractivity contribution >= 4 is 23.2 Å². The highest BCUT2D eigenvalue weighted by molar-refractivity contribution is 7.10. The second-order valence-corrected chi connectivity index (χ2v) is 11.3. The van der Waals surface area contributed by atoms with Crippen LogP contribution in [0.25, 0.3) is 0 Å². The minimum atomic E-state index is -0.0141. The van der Waals surface area contributed by atoms with Crippen molar-refractivity contribution in [3.63, 3.8) is 0 Å². The number of rotatable bonds is 7. The maximum absolute atomic E-state index is 13.5. The Labute approximate surface area is 224 Å². The SMILES string of the molecule is CCCCc1ccc(C(=O)N2CCN(C(=O)CN3CCc4sccc4[C@H]3c3ccccc3)C[C@@H]2C)cc1. The van der Waals surface area contributed by atoms with Crippen molar-refractivity contribution in [3.8, 4) is 0 Å². The van der Waals surface area contributed by atoms with E-state index in [0.29, 0.717) is 26.2 Å². The number of unbranched alkanes of at least 4 members (excludes halogenated alkanes) is 1. The van der Waals surface area contributed by atoms with Gasteiger partial charge in [0.15, 0.2) is 0 Å². The second kappa shape index (κ2) is 11.6. The van der Waals surface area contributed by atoms with Crippen LogP contribution in [0.4, 0.5) is 0 Å². The molecule has 0 bridgehead atoms. The Bertz CT molecular complexity index is 1210. The molecule has 5 nitrogen and oxygen atoms in total. The average molecular weight is 516 g/mol. The topological polar surface area (TPSA) is 43.9 Å². The highest BCUT2D eigenvalue weighted by Gasteiger charge is 2.34. The van der Waals surface area contributed by atoms with Crippen molar-refractivity contribution in [2.75, 3.05) is 32.7 Å². The summed E-state index contributed by atoms with van der Waals surface area (Å²) in [6, 6.07) is 20.9. The molecule has 2 aliphatic heterocycles. The van der Waals surface area contributed by atoms with Crippen LogP contribution in [-0.4, -0.2) is 65.3 Å². The number of aryl methyl sites for hydroxylation is 1.